The zero-order valence-corrected chi connectivity index (χ0v) is 15.1. The number of hydrogen-bond acceptors (Lipinski definition) is 5. The van der Waals surface area contributed by atoms with Crippen LogP contribution < -0.4 is 15.1 Å². The van der Waals surface area contributed by atoms with Gasteiger partial charge in [-0.15, -0.1) is 0 Å². The number of para-hydroxylation sites is 1. The monoisotopic (exact) mass is 363 g/mol. The van der Waals surface area contributed by atoms with Crippen LogP contribution in [0.1, 0.15) is 5.56 Å². The van der Waals surface area contributed by atoms with Crippen molar-refractivity contribution in [3.63, 3.8) is 0 Å². The van der Waals surface area contributed by atoms with E-state index in [9.17, 15) is 4.39 Å². The van der Waals surface area contributed by atoms with E-state index in [1.807, 2.05) is 18.2 Å². The van der Waals surface area contributed by atoms with Crippen LogP contribution in [0.5, 0.6) is 0 Å². The molecular weight excluding hydrogens is 341 g/mol. The quantitative estimate of drug-likeness (QED) is 0.751. The number of piperazine rings is 1. The molecule has 3 aromatic rings. The Bertz CT molecular complexity index is 879. The average molecular weight is 363 g/mol. The first-order valence-electron chi connectivity index (χ1n) is 9.15. The zero-order valence-electron chi connectivity index (χ0n) is 15.1. The van der Waals surface area contributed by atoms with Crippen molar-refractivity contribution >= 4 is 17.5 Å². The zero-order chi connectivity index (χ0) is 18.5. The lowest BCUT2D eigenvalue weighted by molar-refractivity contribution is 0.612. The molecule has 0 aliphatic carbocycles. The second kappa shape index (κ2) is 8.03. The minimum absolute atomic E-state index is 0.212. The normalized spacial score (nSPS) is 14.3. The fourth-order valence-electron chi connectivity index (χ4n) is 3.23. The number of benzene rings is 2. The van der Waals surface area contributed by atoms with Crippen molar-refractivity contribution in [3.05, 3.63) is 78.2 Å². The molecule has 0 amide bonds. The van der Waals surface area contributed by atoms with Crippen LogP contribution in [-0.4, -0.2) is 36.1 Å². The molecule has 0 spiro atoms. The minimum atomic E-state index is -0.212. The first kappa shape index (κ1) is 17.3. The van der Waals surface area contributed by atoms with Crippen molar-refractivity contribution in [2.24, 2.45) is 0 Å². The van der Waals surface area contributed by atoms with Gasteiger partial charge in [-0.3, -0.25) is 0 Å². The highest BCUT2D eigenvalue weighted by Crippen LogP contribution is 2.19. The number of rotatable bonds is 5. The van der Waals surface area contributed by atoms with Gasteiger partial charge in [0.05, 0.1) is 0 Å². The summed E-state index contributed by atoms with van der Waals surface area (Å²) in [7, 11) is 0. The Morgan fingerprint density at radius 3 is 2.33 bits per heavy atom. The Balaban J connectivity index is 1.37. The predicted molar refractivity (Wildman–Crippen MR) is 107 cm³/mol. The lowest BCUT2D eigenvalue weighted by atomic mass is 10.2. The van der Waals surface area contributed by atoms with E-state index in [1.54, 1.807) is 18.3 Å². The van der Waals surface area contributed by atoms with E-state index in [4.69, 9.17) is 0 Å². The lowest BCUT2D eigenvalue weighted by Crippen LogP contribution is -2.47. The molecule has 5 nitrogen and oxygen atoms in total. The van der Waals surface area contributed by atoms with Gasteiger partial charge >= 0.3 is 0 Å². The maximum absolute atomic E-state index is 13.8. The fourth-order valence-corrected chi connectivity index (χ4v) is 3.23. The van der Waals surface area contributed by atoms with Crippen molar-refractivity contribution in [1.29, 1.82) is 0 Å². The largest absolute Gasteiger partial charge is 0.368 e. The van der Waals surface area contributed by atoms with Crippen molar-refractivity contribution in [1.82, 2.24) is 9.97 Å². The number of hydrogen-bond donors (Lipinski definition) is 1. The maximum atomic E-state index is 13.8. The lowest BCUT2D eigenvalue weighted by Gasteiger charge is -2.36. The molecule has 1 aliphatic rings. The Hall–Kier alpha value is -3.15. The second-order valence-corrected chi connectivity index (χ2v) is 6.50. The Morgan fingerprint density at radius 2 is 1.56 bits per heavy atom. The summed E-state index contributed by atoms with van der Waals surface area (Å²) in [5, 5.41) is 3.19. The summed E-state index contributed by atoms with van der Waals surface area (Å²) in [5.41, 5.74) is 1.87. The van der Waals surface area contributed by atoms with Crippen LogP contribution in [0.15, 0.2) is 66.9 Å². The van der Waals surface area contributed by atoms with Crippen molar-refractivity contribution < 1.29 is 4.39 Å². The Morgan fingerprint density at radius 1 is 0.852 bits per heavy atom. The van der Waals surface area contributed by atoms with Crippen molar-refractivity contribution in [2.45, 2.75) is 6.54 Å². The molecule has 1 fully saturated rings. The van der Waals surface area contributed by atoms with Crippen LogP contribution in [-0.2, 0) is 6.54 Å². The maximum Gasteiger partial charge on any atom is 0.227 e. The van der Waals surface area contributed by atoms with Gasteiger partial charge in [0.15, 0.2) is 0 Å². The Labute approximate surface area is 158 Å². The first-order chi connectivity index (χ1) is 13.3. The van der Waals surface area contributed by atoms with Crippen LogP contribution in [0.3, 0.4) is 0 Å². The number of nitrogens with one attached hydrogen (secondary N) is 1. The molecule has 0 unspecified atom stereocenters. The molecule has 1 saturated heterocycles. The molecular formula is C21H22FN5. The smallest absolute Gasteiger partial charge is 0.227 e. The molecule has 2 aromatic carbocycles. The van der Waals surface area contributed by atoms with Gasteiger partial charge in [-0.05, 0) is 24.3 Å². The molecule has 138 valence electrons. The molecule has 0 saturated carbocycles. The second-order valence-electron chi connectivity index (χ2n) is 6.50. The van der Waals surface area contributed by atoms with Gasteiger partial charge in [0.1, 0.15) is 11.6 Å². The van der Waals surface area contributed by atoms with E-state index >= 15 is 0 Å². The van der Waals surface area contributed by atoms with E-state index in [-0.39, 0.29) is 5.82 Å². The molecule has 6 heteroatoms. The summed E-state index contributed by atoms with van der Waals surface area (Å²) in [5.74, 6) is 1.20. The summed E-state index contributed by atoms with van der Waals surface area (Å²) in [4.78, 5) is 13.6. The SMILES string of the molecule is Fc1ccccc1CNc1ccnc(N2CCN(c3ccccc3)CC2)n1. The molecule has 0 atom stereocenters. The van der Waals surface area contributed by atoms with Gasteiger partial charge in [-0.2, -0.15) is 4.98 Å². The molecule has 27 heavy (non-hydrogen) atoms. The standard InChI is InChI=1S/C21H22FN5/c22-19-9-5-4-6-17(19)16-24-20-10-11-23-21(25-20)27-14-12-26(13-15-27)18-7-2-1-3-8-18/h1-11H,12-16H2,(H,23,24,25). The summed E-state index contributed by atoms with van der Waals surface area (Å²) >= 11 is 0. The summed E-state index contributed by atoms with van der Waals surface area (Å²) < 4.78 is 13.8. The van der Waals surface area contributed by atoms with Crippen LogP contribution in [0.2, 0.25) is 0 Å². The highest BCUT2D eigenvalue weighted by atomic mass is 19.1. The fraction of sp³-hybridized carbons (Fsp3) is 0.238. The van der Waals surface area contributed by atoms with Crippen molar-refractivity contribution in [2.75, 3.05) is 41.3 Å². The minimum Gasteiger partial charge on any atom is -0.368 e. The highest BCUT2D eigenvalue weighted by Gasteiger charge is 2.19. The molecule has 1 aliphatic heterocycles. The number of anilines is 3. The van der Waals surface area contributed by atoms with E-state index < -0.39 is 0 Å². The van der Waals surface area contributed by atoms with Gasteiger partial charge in [0.2, 0.25) is 5.95 Å². The summed E-state index contributed by atoms with van der Waals surface area (Å²) in [6.07, 6.45) is 1.75. The van der Waals surface area contributed by atoms with Gasteiger partial charge in [-0.25, -0.2) is 9.37 Å². The van der Waals surface area contributed by atoms with Gasteiger partial charge in [0.25, 0.3) is 0 Å². The van der Waals surface area contributed by atoms with E-state index in [0.717, 1.165) is 26.2 Å². The highest BCUT2D eigenvalue weighted by molar-refractivity contribution is 5.49. The third-order valence-corrected chi connectivity index (χ3v) is 4.74. The van der Waals surface area contributed by atoms with Gasteiger partial charge < -0.3 is 15.1 Å². The van der Waals surface area contributed by atoms with E-state index in [1.165, 1.54) is 11.8 Å². The average Bonchev–Trinajstić information content (AvgIpc) is 2.74. The Kier molecular flexibility index (Phi) is 5.14. The molecule has 0 radical (unpaired) electrons. The van der Waals surface area contributed by atoms with Crippen LogP contribution >= 0.6 is 0 Å². The number of aromatic nitrogens is 2. The first-order valence-corrected chi connectivity index (χ1v) is 9.15. The topological polar surface area (TPSA) is 44.3 Å². The third-order valence-electron chi connectivity index (χ3n) is 4.74. The summed E-state index contributed by atoms with van der Waals surface area (Å²) in [6.45, 7) is 3.99. The van der Waals surface area contributed by atoms with Crippen LogP contribution in [0.4, 0.5) is 21.8 Å². The number of nitrogens with zero attached hydrogens (tertiary/aromatic N) is 4. The van der Waals surface area contributed by atoms with E-state index in [2.05, 4.69) is 49.4 Å². The van der Waals surface area contributed by atoms with Crippen molar-refractivity contribution in [3.8, 4) is 0 Å². The molecule has 1 aromatic heterocycles. The van der Waals surface area contributed by atoms with Gasteiger partial charge in [-0.1, -0.05) is 36.4 Å². The van der Waals surface area contributed by atoms with Crippen LogP contribution in [0, 0.1) is 5.82 Å². The van der Waals surface area contributed by atoms with E-state index in [0.29, 0.717) is 23.9 Å². The third kappa shape index (κ3) is 4.16. The predicted octanol–water partition coefficient (Wildman–Crippen LogP) is 3.55. The van der Waals surface area contributed by atoms with Gasteiger partial charge in [0, 0.05) is 50.2 Å². The number of halogens is 1. The molecule has 2 heterocycles. The molecule has 4 rings (SSSR count). The molecule has 0 bridgehead atoms. The molecule has 1 N–H and O–H groups in total. The van der Waals surface area contributed by atoms with Crippen LogP contribution in [0.25, 0.3) is 0 Å². The summed E-state index contributed by atoms with van der Waals surface area (Å²) in [6, 6.07) is 19.0.